The van der Waals surface area contributed by atoms with Gasteiger partial charge in [0, 0.05) is 0 Å². The van der Waals surface area contributed by atoms with Gasteiger partial charge >= 0.3 is 0 Å². The van der Waals surface area contributed by atoms with Gasteiger partial charge in [0.1, 0.15) is 0 Å². The predicted molar refractivity (Wildman–Crippen MR) is 29.6 cm³/mol. The van der Waals surface area contributed by atoms with Gasteiger partial charge in [0.25, 0.3) is 0 Å². The van der Waals surface area contributed by atoms with Crippen LogP contribution >= 0.6 is 0 Å². The molecule has 0 N–H and O–H groups in total. The van der Waals surface area contributed by atoms with E-state index in [4.69, 9.17) is 4.74 Å². The summed E-state index contributed by atoms with van der Waals surface area (Å²) < 4.78 is 5.54. The molecule has 1 heteroatoms. The summed E-state index contributed by atoms with van der Waals surface area (Å²) >= 11 is 0. The highest BCUT2D eigenvalue weighted by Crippen LogP contribution is 2.64. The Morgan fingerprint density at radius 2 is 2.25 bits per heavy atom. The number of epoxide rings is 1. The molecule has 1 spiro atoms. The van der Waals surface area contributed by atoms with Crippen LogP contribution in [-0.4, -0.2) is 11.7 Å². The highest BCUT2D eigenvalue weighted by molar-refractivity contribution is 5.18. The molecule has 0 aromatic carbocycles. The Hall–Kier alpha value is -0.0400. The molecule has 0 aromatic heterocycles. The number of hydrogen-bond donors (Lipinski definition) is 0. The molecule has 1 saturated heterocycles. The maximum atomic E-state index is 5.54. The van der Waals surface area contributed by atoms with Crippen LogP contribution in [0.15, 0.2) is 0 Å². The van der Waals surface area contributed by atoms with Crippen LogP contribution in [0.1, 0.15) is 25.7 Å². The summed E-state index contributed by atoms with van der Waals surface area (Å²) in [4.78, 5) is 0. The largest absolute Gasteiger partial charge is 0.366 e. The molecule has 1 heterocycles. The molecule has 0 aromatic rings. The first-order valence-electron chi connectivity index (χ1n) is 3.60. The molecule has 3 fully saturated rings. The van der Waals surface area contributed by atoms with Gasteiger partial charge in [0.15, 0.2) is 0 Å². The van der Waals surface area contributed by atoms with Gasteiger partial charge in [0.05, 0.1) is 11.7 Å². The summed E-state index contributed by atoms with van der Waals surface area (Å²) in [5, 5.41) is 0. The van der Waals surface area contributed by atoms with Gasteiger partial charge in [-0.2, -0.15) is 0 Å². The van der Waals surface area contributed by atoms with E-state index in [1.165, 1.54) is 25.7 Å². The summed E-state index contributed by atoms with van der Waals surface area (Å²) in [6.45, 7) is 0. The summed E-state index contributed by atoms with van der Waals surface area (Å²) in [7, 11) is 0. The van der Waals surface area contributed by atoms with Gasteiger partial charge in [0.2, 0.25) is 0 Å². The van der Waals surface area contributed by atoms with Gasteiger partial charge in [-0.15, -0.1) is 0 Å². The fourth-order valence-corrected chi connectivity index (χ4v) is 2.49. The standard InChI is InChI=1S/C7H10O/c1-2-6-7(8-6)4-3-5(1)7/h5-6H,1-4H2. The minimum Gasteiger partial charge on any atom is -0.366 e. The van der Waals surface area contributed by atoms with E-state index >= 15 is 0 Å². The molecule has 3 unspecified atom stereocenters. The first-order chi connectivity index (χ1) is 3.92. The quantitative estimate of drug-likeness (QED) is 0.428. The lowest BCUT2D eigenvalue weighted by atomic mass is 9.75. The van der Waals surface area contributed by atoms with Crippen LogP contribution in [0.5, 0.6) is 0 Å². The smallest absolute Gasteiger partial charge is 0.0976 e. The third kappa shape index (κ3) is 0.218. The lowest BCUT2D eigenvalue weighted by molar-refractivity contribution is 0.0947. The van der Waals surface area contributed by atoms with E-state index in [0.29, 0.717) is 5.60 Å². The van der Waals surface area contributed by atoms with Crippen LogP contribution < -0.4 is 0 Å². The summed E-state index contributed by atoms with van der Waals surface area (Å²) in [5.74, 6) is 0.993. The van der Waals surface area contributed by atoms with E-state index in [1.807, 2.05) is 0 Å². The zero-order valence-electron chi connectivity index (χ0n) is 4.89. The van der Waals surface area contributed by atoms with Crippen LogP contribution in [0.3, 0.4) is 0 Å². The Morgan fingerprint density at radius 1 is 1.25 bits per heavy atom. The molecular weight excluding hydrogens is 100 g/mol. The highest BCUT2D eigenvalue weighted by Gasteiger charge is 2.69. The second-order valence-corrected chi connectivity index (χ2v) is 3.37. The maximum absolute atomic E-state index is 5.54. The molecule has 1 nitrogen and oxygen atoms in total. The van der Waals surface area contributed by atoms with Crippen LogP contribution in [0, 0.1) is 5.92 Å². The molecule has 0 radical (unpaired) electrons. The van der Waals surface area contributed by atoms with E-state index in [2.05, 4.69) is 0 Å². The van der Waals surface area contributed by atoms with Crippen molar-refractivity contribution in [2.45, 2.75) is 37.4 Å². The van der Waals surface area contributed by atoms with Gasteiger partial charge in [-0.25, -0.2) is 0 Å². The van der Waals surface area contributed by atoms with E-state index in [0.717, 1.165) is 12.0 Å². The Bertz CT molecular complexity index is 137. The van der Waals surface area contributed by atoms with E-state index in [9.17, 15) is 0 Å². The zero-order chi connectivity index (χ0) is 5.19. The Kier molecular flexibility index (Phi) is 0.418. The van der Waals surface area contributed by atoms with Crippen molar-refractivity contribution in [2.75, 3.05) is 0 Å². The molecule has 1 aliphatic heterocycles. The summed E-state index contributed by atoms with van der Waals surface area (Å²) in [6, 6.07) is 0. The van der Waals surface area contributed by atoms with E-state index < -0.39 is 0 Å². The molecule has 2 saturated carbocycles. The van der Waals surface area contributed by atoms with Crippen molar-refractivity contribution in [2.24, 2.45) is 5.92 Å². The zero-order valence-corrected chi connectivity index (χ0v) is 4.89. The first kappa shape index (κ1) is 3.89. The van der Waals surface area contributed by atoms with Crippen LogP contribution in [0.25, 0.3) is 0 Å². The molecule has 0 bridgehead atoms. The Balaban J connectivity index is 2.02. The molecule has 44 valence electrons. The average molecular weight is 110 g/mol. The molecule has 0 amide bonds. The van der Waals surface area contributed by atoms with Gasteiger partial charge in [-0.05, 0) is 31.6 Å². The van der Waals surface area contributed by atoms with Gasteiger partial charge in [-0.1, -0.05) is 0 Å². The SMILES string of the molecule is C1CC2OC23CCC13. The van der Waals surface area contributed by atoms with Crippen LogP contribution in [-0.2, 0) is 4.74 Å². The second-order valence-electron chi connectivity index (χ2n) is 3.37. The summed E-state index contributed by atoms with van der Waals surface area (Å²) in [5.41, 5.74) is 0.500. The minimum atomic E-state index is 0.500. The average Bonchev–Trinajstić information content (AvgIpc) is 2.36. The minimum absolute atomic E-state index is 0.500. The lowest BCUT2D eigenvalue weighted by Gasteiger charge is -2.30. The first-order valence-corrected chi connectivity index (χ1v) is 3.60. The Labute approximate surface area is 49.0 Å². The molecule has 2 aliphatic carbocycles. The highest BCUT2D eigenvalue weighted by atomic mass is 16.6. The van der Waals surface area contributed by atoms with Crippen LogP contribution in [0.2, 0.25) is 0 Å². The fraction of sp³-hybridized carbons (Fsp3) is 1.00. The van der Waals surface area contributed by atoms with Crippen molar-refractivity contribution in [3.8, 4) is 0 Å². The van der Waals surface area contributed by atoms with Crippen molar-refractivity contribution < 1.29 is 4.74 Å². The van der Waals surface area contributed by atoms with Crippen molar-refractivity contribution in [3.05, 3.63) is 0 Å². The number of rotatable bonds is 0. The number of ether oxygens (including phenoxy) is 1. The topological polar surface area (TPSA) is 12.5 Å². The second kappa shape index (κ2) is 0.860. The fourth-order valence-electron chi connectivity index (χ4n) is 2.49. The van der Waals surface area contributed by atoms with Gasteiger partial charge in [-0.3, -0.25) is 0 Å². The van der Waals surface area contributed by atoms with Crippen molar-refractivity contribution in [1.82, 2.24) is 0 Å². The van der Waals surface area contributed by atoms with Crippen LogP contribution in [0.4, 0.5) is 0 Å². The lowest BCUT2D eigenvalue weighted by Crippen LogP contribution is -2.32. The molecule has 3 aliphatic rings. The van der Waals surface area contributed by atoms with E-state index in [-0.39, 0.29) is 0 Å². The maximum Gasteiger partial charge on any atom is 0.0976 e. The third-order valence-electron chi connectivity index (χ3n) is 3.20. The van der Waals surface area contributed by atoms with Crippen molar-refractivity contribution in [3.63, 3.8) is 0 Å². The van der Waals surface area contributed by atoms with Crippen molar-refractivity contribution >= 4 is 0 Å². The molecule has 3 rings (SSSR count). The molecular formula is C7H10O. The monoisotopic (exact) mass is 110 g/mol. The third-order valence-corrected chi connectivity index (χ3v) is 3.20. The molecule has 3 atom stereocenters. The van der Waals surface area contributed by atoms with E-state index in [1.54, 1.807) is 0 Å². The summed E-state index contributed by atoms with van der Waals surface area (Å²) in [6.07, 6.45) is 6.38. The Morgan fingerprint density at radius 3 is 2.50 bits per heavy atom. The normalized spacial score (nSPS) is 66.0. The predicted octanol–water partition coefficient (Wildman–Crippen LogP) is 1.33. The van der Waals surface area contributed by atoms with Gasteiger partial charge < -0.3 is 4.74 Å². The number of hydrogen-bond acceptors (Lipinski definition) is 1. The van der Waals surface area contributed by atoms with Crippen molar-refractivity contribution in [1.29, 1.82) is 0 Å². The molecule has 8 heavy (non-hydrogen) atoms.